The van der Waals surface area contributed by atoms with Gasteiger partial charge in [0.25, 0.3) is 5.91 Å². The number of amides is 1. The number of nitrogens with zero attached hydrogens (tertiary/aromatic N) is 3. The first-order valence-electron chi connectivity index (χ1n) is 8.88. The summed E-state index contributed by atoms with van der Waals surface area (Å²) in [6, 6.07) is 8.46. The van der Waals surface area contributed by atoms with Gasteiger partial charge < -0.3 is 10.2 Å². The number of likely N-dealkylation sites (tertiary alicyclic amines) is 1. The smallest absolute Gasteiger partial charge is 0.272 e. The lowest BCUT2D eigenvalue weighted by Crippen LogP contribution is -2.45. The lowest BCUT2D eigenvalue weighted by Gasteiger charge is -2.33. The molecule has 1 saturated heterocycles. The SMILES string of the molecule is Cc1cc(C(=O)N2CCC[C@@H](Nc3ccc(C)c(C)c3)C2)nc(C)n1. The Kier molecular flexibility index (Phi) is 5.02. The number of carbonyl (C=O) groups is 1. The molecule has 132 valence electrons. The molecule has 0 unspecified atom stereocenters. The molecule has 3 rings (SSSR count). The largest absolute Gasteiger partial charge is 0.381 e. The van der Waals surface area contributed by atoms with E-state index in [1.54, 1.807) is 6.07 Å². The average Bonchev–Trinajstić information content (AvgIpc) is 2.57. The van der Waals surface area contributed by atoms with Crippen LogP contribution < -0.4 is 5.32 Å². The zero-order chi connectivity index (χ0) is 18.0. The molecule has 0 spiro atoms. The van der Waals surface area contributed by atoms with Crippen LogP contribution in [0, 0.1) is 27.7 Å². The zero-order valence-corrected chi connectivity index (χ0v) is 15.5. The molecule has 25 heavy (non-hydrogen) atoms. The lowest BCUT2D eigenvalue weighted by molar-refractivity contribution is 0.0708. The third-order valence-corrected chi connectivity index (χ3v) is 4.77. The van der Waals surface area contributed by atoms with Crippen LogP contribution in [0.3, 0.4) is 0 Å². The quantitative estimate of drug-likeness (QED) is 0.931. The number of aromatic nitrogens is 2. The monoisotopic (exact) mass is 338 g/mol. The van der Waals surface area contributed by atoms with Crippen molar-refractivity contribution in [1.82, 2.24) is 14.9 Å². The summed E-state index contributed by atoms with van der Waals surface area (Å²) in [6.45, 7) is 9.44. The highest BCUT2D eigenvalue weighted by Crippen LogP contribution is 2.20. The van der Waals surface area contributed by atoms with Crippen LogP contribution in [0.4, 0.5) is 5.69 Å². The molecular formula is C20H26N4O. The van der Waals surface area contributed by atoms with Gasteiger partial charge in [0.15, 0.2) is 0 Å². The van der Waals surface area contributed by atoms with E-state index >= 15 is 0 Å². The number of hydrogen-bond donors (Lipinski definition) is 1. The number of hydrogen-bond acceptors (Lipinski definition) is 4. The summed E-state index contributed by atoms with van der Waals surface area (Å²) < 4.78 is 0. The van der Waals surface area contributed by atoms with Crippen molar-refractivity contribution in [3.8, 4) is 0 Å². The standard InChI is InChI=1S/C20H26N4O/c1-13-7-8-17(10-14(13)2)23-18-6-5-9-24(12-18)20(25)19-11-15(3)21-16(4)22-19/h7-8,10-11,18,23H,5-6,9,12H2,1-4H3/t18-/m1/s1. The van der Waals surface area contributed by atoms with E-state index in [1.165, 1.54) is 11.1 Å². The minimum Gasteiger partial charge on any atom is -0.381 e. The fraction of sp³-hybridized carbons (Fsp3) is 0.450. The molecule has 2 aromatic rings. The van der Waals surface area contributed by atoms with Crippen molar-refractivity contribution in [2.45, 2.75) is 46.6 Å². The number of rotatable bonds is 3. The Morgan fingerprint density at radius 2 is 1.92 bits per heavy atom. The summed E-state index contributed by atoms with van der Waals surface area (Å²) in [4.78, 5) is 23.3. The molecule has 1 aromatic heterocycles. The molecule has 0 saturated carbocycles. The maximum absolute atomic E-state index is 12.8. The minimum atomic E-state index is 0.000173. The maximum Gasteiger partial charge on any atom is 0.272 e. The Labute approximate surface area is 149 Å². The average molecular weight is 338 g/mol. The molecule has 0 radical (unpaired) electrons. The van der Waals surface area contributed by atoms with Crippen molar-refractivity contribution in [2.75, 3.05) is 18.4 Å². The third kappa shape index (κ3) is 4.16. The van der Waals surface area contributed by atoms with Crippen molar-refractivity contribution >= 4 is 11.6 Å². The number of anilines is 1. The van der Waals surface area contributed by atoms with Crippen LogP contribution in [0.25, 0.3) is 0 Å². The van der Waals surface area contributed by atoms with Gasteiger partial charge in [0.1, 0.15) is 11.5 Å². The van der Waals surface area contributed by atoms with Crippen molar-refractivity contribution in [3.63, 3.8) is 0 Å². The fourth-order valence-corrected chi connectivity index (χ4v) is 3.33. The number of nitrogens with one attached hydrogen (secondary N) is 1. The normalized spacial score (nSPS) is 17.4. The number of piperidine rings is 1. The Morgan fingerprint density at radius 1 is 1.12 bits per heavy atom. The second-order valence-corrected chi connectivity index (χ2v) is 6.98. The predicted octanol–water partition coefficient (Wildman–Crippen LogP) is 3.43. The lowest BCUT2D eigenvalue weighted by atomic mass is 10.0. The predicted molar refractivity (Wildman–Crippen MR) is 100.0 cm³/mol. The summed E-state index contributed by atoms with van der Waals surface area (Å²) in [5.74, 6) is 0.644. The van der Waals surface area contributed by atoms with Gasteiger partial charge in [0, 0.05) is 30.5 Å². The van der Waals surface area contributed by atoms with E-state index in [0.29, 0.717) is 18.1 Å². The molecule has 2 heterocycles. The van der Waals surface area contributed by atoms with Gasteiger partial charge in [-0.25, -0.2) is 9.97 Å². The van der Waals surface area contributed by atoms with Crippen molar-refractivity contribution in [2.24, 2.45) is 0 Å². The molecule has 1 aliphatic heterocycles. The van der Waals surface area contributed by atoms with Crippen LogP contribution in [0.2, 0.25) is 0 Å². The van der Waals surface area contributed by atoms with Crippen LogP contribution >= 0.6 is 0 Å². The Bertz CT molecular complexity index is 767. The van der Waals surface area contributed by atoms with Gasteiger partial charge in [-0.15, -0.1) is 0 Å². The van der Waals surface area contributed by atoms with E-state index in [4.69, 9.17) is 0 Å². The second-order valence-electron chi connectivity index (χ2n) is 6.98. The van der Waals surface area contributed by atoms with Gasteiger partial charge in [-0.1, -0.05) is 6.07 Å². The van der Waals surface area contributed by atoms with Crippen LogP contribution in [0.15, 0.2) is 24.3 Å². The van der Waals surface area contributed by atoms with Gasteiger partial charge in [-0.05, 0) is 69.9 Å². The van der Waals surface area contributed by atoms with E-state index in [1.807, 2.05) is 18.7 Å². The number of aryl methyl sites for hydroxylation is 4. The summed E-state index contributed by atoms with van der Waals surface area (Å²) in [5.41, 5.74) is 5.02. The number of benzene rings is 1. The van der Waals surface area contributed by atoms with Crippen molar-refractivity contribution in [3.05, 3.63) is 52.6 Å². The third-order valence-electron chi connectivity index (χ3n) is 4.77. The molecule has 1 aliphatic rings. The first-order chi connectivity index (χ1) is 11.9. The highest BCUT2D eigenvalue weighted by molar-refractivity contribution is 5.92. The van der Waals surface area contributed by atoms with Crippen LogP contribution in [-0.4, -0.2) is 39.9 Å². The molecule has 0 bridgehead atoms. The summed E-state index contributed by atoms with van der Waals surface area (Å²) in [6.07, 6.45) is 2.07. The van der Waals surface area contributed by atoms with Crippen LogP contribution in [0.5, 0.6) is 0 Å². The highest BCUT2D eigenvalue weighted by Gasteiger charge is 2.25. The maximum atomic E-state index is 12.8. The van der Waals surface area contributed by atoms with E-state index in [9.17, 15) is 4.79 Å². The molecular weight excluding hydrogens is 312 g/mol. The minimum absolute atomic E-state index is 0.000173. The summed E-state index contributed by atoms with van der Waals surface area (Å²) >= 11 is 0. The fourth-order valence-electron chi connectivity index (χ4n) is 3.33. The summed E-state index contributed by atoms with van der Waals surface area (Å²) in [5, 5.41) is 3.58. The van der Waals surface area contributed by atoms with E-state index in [0.717, 1.165) is 30.8 Å². The van der Waals surface area contributed by atoms with E-state index in [2.05, 4.69) is 47.3 Å². The Hall–Kier alpha value is -2.43. The van der Waals surface area contributed by atoms with Crippen LogP contribution in [0.1, 0.15) is 46.0 Å². The molecule has 1 aromatic carbocycles. The highest BCUT2D eigenvalue weighted by atomic mass is 16.2. The molecule has 1 fully saturated rings. The molecule has 5 heteroatoms. The molecule has 0 aliphatic carbocycles. The van der Waals surface area contributed by atoms with E-state index < -0.39 is 0 Å². The molecule has 1 N–H and O–H groups in total. The zero-order valence-electron chi connectivity index (χ0n) is 15.5. The first kappa shape index (κ1) is 17.4. The van der Waals surface area contributed by atoms with Crippen molar-refractivity contribution in [1.29, 1.82) is 0 Å². The Balaban J connectivity index is 1.69. The molecule has 5 nitrogen and oxygen atoms in total. The second kappa shape index (κ2) is 7.21. The summed E-state index contributed by atoms with van der Waals surface area (Å²) in [7, 11) is 0. The topological polar surface area (TPSA) is 58.1 Å². The number of carbonyl (C=O) groups excluding carboxylic acids is 1. The Morgan fingerprint density at radius 3 is 2.64 bits per heavy atom. The van der Waals surface area contributed by atoms with Crippen LogP contribution in [-0.2, 0) is 0 Å². The van der Waals surface area contributed by atoms with Gasteiger partial charge in [0.2, 0.25) is 0 Å². The van der Waals surface area contributed by atoms with Gasteiger partial charge >= 0.3 is 0 Å². The molecule has 1 atom stereocenters. The van der Waals surface area contributed by atoms with Gasteiger partial charge in [-0.2, -0.15) is 0 Å². The van der Waals surface area contributed by atoms with E-state index in [-0.39, 0.29) is 11.9 Å². The molecule has 1 amide bonds. The first-order valence-corrected chi connectivity index (χ1v) is 8.88. The van der Waals surface area contributed by atoms with Gasteiger partial charge in [-0.3, -0.25) is 4.79 Å². The van der Waals surface area contributed by atoms with Crippen molar-refractivity contribution < 1.29 is 4.79 Å². The van der Waals surface area contributed by atoms with Gasteiger partial charge in [0.05, 0.1) is 0 Å².